The molecule has 0 radical (unpaired) electrons. The standard InChI is InChI=1S/C19H25N5S/c1-4-25-15(3)12-24-11-8-16-17(13-24)22-23-18(16)19-20-9-5-6-14(2)7-10-21-19/h4-7H,1,3,8-13H2,2H3,(H,20,21)(H,22,23)/b6-5-,14-7-. The van der Waals surface area contributed by atoms with Gasteiger partial charge in [-0.25, -0.2) is 0 Å². The van der Waals surface area contributed by atoms with Gasteiger partial charge in [-0.1, -0.05) is 37.0 Å². The maximum atomic E-state index is 4.68. The first kappa shape index (κ1) is 17.8. The molecule has 0 saturated heterocycles. The first-order valence-corrected chi connectivity index (χ1v) is 9.41. The molecule has 6 heteroatoms. The fourth-order valence-electron chi connectivity index (χ4n) is 3.08. The van der Waals surface area contributed by atoms with Gasteiger partial charge in [0.15, 0.2) is 0 Å². The summed E-state index contributed by atoms with van der Waals surface area (Å²) in [5, 5.41) is 13.0. The lowest BCUT2D eigenvalue weighted by atomic mass is 10.0. The number of H-pyrrole nitrogens is 1. The van der Waals surface area contributed by atoms with Crippen molar-refractivity contribution in [3.63, 3.8) is 0 Å². The Labute approximate surface area is 153 Å². The smallest absolute Gasteiger partial charge is 0.150 e. The lowest BCUT2D eigenvalue weighted by Gasteiger charge is -2.27. The molecule has 3 rings (SSSR count). The highest BCUT2D eigenvalue weighted by Gasteiger charge is 2.24. The predicted octanol–water partition coefficient (Wildman–Crippen LogP) is 3.01. The Morgan fingerprint density at radius 1 is 1.48 bits per heavy atom. The van der Waals surface area contributed by atoms with Crippen LogP contribution < -0.4 is 5.32 Å². The van der Waals surface area contributed by atoms with Crippen LogP contribution in [0.2, 0.25) is 0 Å². The molecule has 0 aromatic carbocycles. The highest BCUT2D eigenvalue weighted by Crippen LogP contribution is 2.23. The van der Waals surface area contributed by atoms with Gasteiger partial charge in [-0.2, -0.15) is 5.10 Å². The van der Waals surface area contributed by atoms with E-state index in [1.165, 1.54) is 16.8 Å². The van der Waals surface area contributed by atoms with E-state index < -0.39 is 0 Å². The zero-order valence-electron chi connectivity index (χ0n) is 14.7. The third-order valence-electron chi connectivity index (χ3n) is 4.32. The van der Waals surface area contributed by atoms with E-state index in [1.807, 2.05) is 5.41 Å². The van der Waals surface area contributed by atoms with Gasteiger partial charge in [-0.3, -0.25) is 15.0 Å². The van der Waals surface area contributed by atoms with Gasteiger partial charge in [-0.15, -0.1) is 11.8 Å². The number of allylic oxidation sites excluding steroid dienone is 2. The van der Waals surface area contributed by atoms with Gasteiger partial charge in [0.05, 0.1) is 12.2 Å². The number of hydrogen-bond acceptors (Lipinski definition) is 5. The molecule has 0 unspecified atom stereocenters. The molecule has 25 heavy (non-hydrogen) atoms. The Hall–Kier alpha value is -2.05. The fourth-order valence-corrected chi connectivity index (χ4v) is 3.58. The SMILES string of the molecule is C=CSC(=C)CN1CCc2c(C3=NC/C=C\C(C)=C/CN3)n[nH]c2C1. The number of nitrogens with one attached hydrogen (secondary N) is 2. The monoisotopic (exact) mass is 355 g/mol. The second kappa shape index (κ2) is 8.36. The molecule has 0 atom stereocenters. The molecule has 3 heterocycles. The summed E-state index contributed by atoms with van der Waals surface area (Å²) in [6, 6.07) is 0. The van der Waals surface area contributed by atoms with Crippen molar-refractivity contribution in [2.75, 3.05) is 26.2 Å². The Morgan fingerprint density at radius 3 is 3.20 bits per heavy atom. The first-order valence-electron chi connectivity index (χ1n) is 8.53. The van der Waals surface area contributed by atoms with E-state index in [4.69, 9.17) is 0 Å². The molecular weight excluding hydrogens is 330 g/mol. The number of amidine groups is 1. The number of aliphatic imine (C=N–C) groups is 1. The van der Waals surface area contributed by atoms with Crippen molar-refractivity contribution in [1.29, 1.82) is 0 Å². The van der Waals surface area contributed by atoms with Crippen molar-refractivity contribution >= 4 is 17.6 Å². The summed E-state index contributed by atoms with van der Waals surface area (Å²) in [5.41, 5.74) is 4.69. The molecule has 0 bridgehead atoms. The molecular formula is C19H25N5S. The summed E-state index contributed by atoms with van der Waals surface area (Å²) in [6.45, 7) is 14.1. The predicted molar refractivity (Wildman–Crippen MR) is 107 cm³/mol. The normalized spacial score (nSPS) is 21.5. The van der Waals surface area contributed by atoms with Gasteiger partial charge in [0, 0.05) is 31.7 Å². The number of nitrogens with zero attached hydrogens (tertiary/aromatic N) is 3. The minimum Gasteiger partial charge on any atom is -0.365 e. The van der Waals surface area contributed by atoms with Crippen molar-refractivity contribution in [1.82, 2.24) is 20.4 Å². The number of hydrogen-bond donors (Lipinski definition) is 2. The molecule has 5 nitrogen and oxygen atoms in total. The minimum absolute atomic E-state index is 0.667. The van der Waals surface area contributed by atoms with Gasteiger partial charge in [0.2, 0.25) is 0 Å². The summed E-state index contributed by atoms with van der Waals surface area (Å²) in [5.74, 6) is 0.883. The average Bonchev–Trinajstić information content (AvgIpc) is 3.03. The van der Waals surface area contributed by atoms with Crippen LogP contribution in [0.4, 0.5) is 0 Å². The maximum absolute atomic E-state index is 4.68. The summed E-state index contributed by atoms with van der Waals surface area (Å²) < 4.78 is 0. The largest absolute Gasteiger partial charge is 0.365 e. The van der Waals surface area contributed by atoms with E-state index in [9.17, 15) is 0 Å². The molecule has 0 fully saturated rings. The summed E-state index contributed by atoms with van der Waals surface area (Å²) in [7, 11) is 0. The second-order valence-corrected chi connectivity index (χ2v) is 7.38. The molecule has 0 spiro atoms. The van der Waals surface area contributed by atoms with Crippen molar-refractivity contribution < 1.29 is 0 Å². The van der Waals surface area contributed by atoms with Crippen LogP contribution in [0, 0.1) is 0 Å². The average molecular weight is 356 g/mol. The molecule has 0 aliphatic carbocycles. The van der Waals surface area contributed by atoms with E-state index in [-0.39, 0.29) is 0 Å². The van der Waals surface area contributed by atoms with Crippen LogP contribution in [0.1, 0.15) is 23.9 Å². The number of thioether (sulfide) groups is 1. The zero-order valence-corrected chi connectivity index (χ0v) is 15.5. The van der Waals surface area contributed by atoms with Gasteiger partial charge < -0.3 is 5.32 Å². The lowest BCUT2D eigenvalue weighted by Crippen LogP contribution is -2.33. The van der Waals surface area contributed by atoms with Crippen molar-refractivity contribution in [3.05, 3.63) is 64.2 Å². The van der Waals surface area contributed by atoms with Crippen molar-refractivity contribution in [3.8, 4) is 0 Å². The molecule has 2 aliphatic heterocycles. The molecule has 2 aliphatic rings. The van der Waals surface area contributed by atoms with Crippen LogP contribution in [0.15, 0.2) is 52.3 Å². The highest BCUT2D eigenvalue weighted by molar-refractivity contribution is 8.05. The lowest BCUT2D eigenvalue weighted by molar-refractivity contribution is 0.277. The van der Waals surface area contributed by atoms with Crippen LogP contribution in [0.5, 0.6) is 0 Å². The molecule has 2 N–H and O–H groups in total. The molecule has 1 aromatic rings. The summed E-state index contributed by atoms with van der Waals surface area (Å²) in [6.07, 6.45) is 7.34. The van der Waals surface area contributed by atoms with Crippen LogP contribution in [-0.4, -0.2) is 47.1 Å². The van der Waals surface area contributed by atoms with Crippen LogP contribution in [-0.2, 0) is 13.0 Å². The topological polar surface area (TPSA) is 56.3 Å². The third-order valence-corrected chi connectivity index (χ3v) is 4.94. The third kappa shape index (κ3) is 4.52. The molecule has 0 amide bonds. The van der Waals surface area contributed by atoms with Crippen LogP contribution in [0.3, 0.4) is 0 Å². The Bertz CT molecular complexity index is 741. The van der Waals surface area contributed by atoms with Gasteiger partial charge >= 0.3 is 0 Å². The van der Waals surface area contributed by atoms with E-state index in [2.05, 4.69) is 63.7 Å². The Balaban J connectivity index is 1.72. The van der Waals surface area contributed by atoms with Gasteiger partial charge in [0.25, 0.3) is 0 Å². The molecule has 1 aromatic heterocycles. The quantitative estimate of drug-likeness (QED) is 0.852. The van der Waals surface area contributed by atoms with E-state index in [0.717, 1.165) is 49.0 Å². The first-order chi connectivity index (χ1) is 12.2. The Kier molecular flexibility index (Phi) is 5.94. The number of fused-ring (bicyclic) bond motifs is 1. The minimum atomic E-state index is 0.667. The fraction of sp³-hybridized carbons (Fsp3) is 0.368. The number of rotatable bonds is 5. The highest BCUT2D eigenvalue weighted by atomic mass is 32.2. The van der Waals surface area contributed by atoms with E-state index in [0.29, 0.717) is 6.54 Å². The van der Waals surface area contributed by atoms with Crippen LogP contribution >= 0.6 is 11.8 Å². The summed E-state index contributed by atoms with van der Waals surface area (Å²) >= 11 is 1.60. The zero-order chi connectivity index (χ0) is 17.6. The maximum Gasteiger partial charge on any atom is 0.150 e. The number of aromatic amines is 1. The second-order valence-electron chi connectivity index (χ2n) is 6.23. The summed E-state index contributed by atoms with van der Waals surface area (Å²) in [4.78, 5) is 8.19. The Morgan fingerprint density at radius 2 is 2.36 bits per heavy atom. The molecule has 132 valence electrons. The van der Waals surface area contributed by atoms with Gasteiger partial charge in [0.1, 0.15) is 11.5 Å². The number of aromatic nitrogens is 2. The van der Waals surface area contributed by atoms with E-state index >= 15 is 0 Å². The van der Waals surface area contributed by atoms with E-state index in [1.54, 1.807) is 11.8 Å². The van der Waals surface area contributed by atoms with Crippen molar-refractivity contribution in [2.45, 2.75) is 19.9 Å². The van der Waals surface area contributed by atoms with Gasteiger partial charge in [-0.05, 0) is 23.7 Å². The van der Waals surface area contributed by atoms with Crippen molar-refractivity contribution in [2.24, 2.45) is 4.99 Å². The molecule has 0 saturated carbocycles. The van der Waals surface area contributed by atoms with Crippen LogP contribution in [0.25, 0.3) is 0 Å².